The van der Waals surface area contributed by atoms with E-state index < -0.39 is 0 Å². The van der Waals surface area contributed by atoms with Gasteiger partial charge in [-0.1, -0.05) is 6.07 Å². The van der Waals surface area contributed by atoms with Crippen LogP contribution >= 0.6 is 11.3 Å². The standard InChI is InChI=1S/C17H15N3O2S/c1-12(21)19-14-6-4-13(5-7-14)15(22)11-20-9-8-18-17(20)16-3-2-10-23-16/h2-10H,11H2,1H3,(H,19,21). The molecule has 3 aromatic rings. The van der Waals surface area contributed by atoms with E-state index in [1.54, 1.807) is 48.0 Å². The highest BCUT2D eigenvalue weighted by atomic mass is 32.1. The normalized spacial score (nSPS) is 10.5. The van der Waals surface area contributed by atoms with Crippen molar-refractivity contribution >= 4 is 28.7 Å². The molecule has 0 fully saturated rings. The lowest BCUT2D eigenvalue weighted by Gasteiger charge is -2.07. The smallest absolute Gasteiger partial charge is 0.221 e. The van der Waals surface area contributed by atoms with Gasteiger partial charge in [-0.15, -0.1) is 11.3 Å². The first-order valence-electron chi connectivity index (χ1n) is 7.09. The Morgan fingerprint density at radius 2 is 2.00 bits per heavy atom. The Hall–Kier alpha value is -2.73. The number of rotatable bonds is 5. The molecule has 5 nitrogen and oxygen atoms in total. The lowest BCUT2D eigenvalue weighted by atomic mass is 10.1. The number of anilines is 1. The Bertz CT molecular complexity index is 820. The first kappa shape index (κ1) is 15.2. The van der Waals surface area contributed by atoms with Crippen LogP contribution in [0.5, 0.6) is 0 Å². The minimum absolute atomic E-state index is 0.00446. The highest BCUT2D eigenvalue weighted by molar-refractivity contribution is 7.13. The van der Waals surface area contributed by atoms with Crippen LogP contribution in [0, 0.1) is 0 Å². The summed E-state index contributed by atoms with van der Waals surface area (Å²) in [6.07, 6.45) is 3.50. The highest BCUT2D eigenvalue weighted by Gasteiger charge is 2.12. The topological polar surface area (TPSA) is 64.0 Å². The molecule has 0 radical (unpaired) electrons. The van der Waals surface area contributed by atoms with Gasteiger partial charge in [0.25, 0.3) is 0 Å². The molecular formula is C17H15N3O2S. The van der Waals surface area contributed by atoms with Gasteiger partial charge in [0.05, 0.1) is 11.4 Å². The average molecular weight is 325 g/mol. The van der Waals surface area contributed by atoms with Gasteiger partial charge in [0.15, 0.2) is 5.78 Å². The third-order valence-corrected chi connectivity index (χ3v) is 4.16. The van der Waals surface area contributed by atoms with Crippen LogP contribution in [0.15, 0.2) is 54.2 Å². The van der Waals surface area contributed by atoms with E-state index >= 15 is 0 Å². The number of thiophene rings is 1. The second-order valence-corrected chi connectivity index (χ2v) is 5.99. The maximum Gasteiger partial charge on any atom is 0.221 e. The predicted molar refractivity (Wildman–Crippen MR) is 90.6 cm³/mol. The summed E-state index contributed by atoms with van der Waals surface area (Å²) >= 11 is 1.59. The van der Waals surface area contributed by atoms with Crippen LogP contribution in [0.3, 0.4) is 0 Å². The summed E-state index contributed by atoms with van der Waals surface area (Å²) in [4.78, 5) is 28.8. The van der Waals surface area contributed by atoms with Crippen molar-refractivity contribution < 1.29 is 9.59 Å². The zero-order chi connectivity index (χ0) is 16.2. The van der Waals surface area contributed by atoms with E-state index in [2.05, 4.69) is 10.3 Å². The molecule has 3 rings (SSSR count). The third kappa shape index (κ3) is 3.54. The van der Waals surface area contributed by atoms with Crippen molar-refractivity contribution in [2.75, 3.05) is 5.32 Å². The largest absolute Gasteiger partial charge is 0.326 e. The fourth-order valence-electron chi connectivity index (χ4n) is 2.26. The molecule has 2 aromatic heterocycles. The van der Waals surface area contributed by atoms with Crippen molar-refractivity contribution in [3.8, 4) is 10.7 Å². The SMILES string of the molecule is CC(=O)Nc1ccc(C(=O)Cn2ccnc2-c2cccs2)cc1. The van der Waals surface area contributed by atoms with E-state index in [0.717, 1.165) is 10.7 Å². The fraction of sp³-hybridized carbons (Fsp3) is 0.118. The molecule has 1 N–H and O–H groups in total. The second-order valence-electron chi connectivity index (χ2n) is 5.04. The van der Waals surface area contributed by atoms with E-state index in [4.69, 9.17) is 0 Å². The lowest BCUT2D eigenvalue weighted by molar-refractivity contribution is -0.114. The number of benzene rings is 1. The van der Waals surface area contributed by atoms with Crippen LogP contribution in [0.2, 0.25) is 0 Å². The van der Waals surface area contributed by atoms with Crippen molar-refractivity contribution in [3.05, 3.63) is 59.7 Å². The Kier molecular flexibility index (Phi) is 4.34. The molecule has 1 amide bonds. The van der Waals surface area contributed by atoms with Crippen molar-refractivity contribution in [1.29, 1.82) is 0 Å². The van der Waals surface area contributed by atoms with Gasteiger partial charge >= 0.3 is 0 Å². The third-order valence-electron chi connectivity index (χ3n) is 3.30. The van der Waals surface area contributed by atoms with E-state index in [1.165, 1.54) is 6.92 Å². The number of hydrogen-bond acceptors (Lipinski definition) is 4. The van der Waals surface area contributed by atoms with E-state index in [9.17, 15) is 9.59 Å². The summed E-state index contributed by atoms with van der Waals surface area (Å²) in [5.41, 5.74) is 1.28. The second kappa shape index (κ2) is 6.58. The molecule has 2 heterocycles. The number of carbonyl (C=O) groups is 2. The highest BCUT2D eigenvalue weighted by Crippen LogP contribution is 2.23. The average Bonchev–Trinajstić information content (AvgIpc) is 3.18. The molecule has 0 aliphatic rings. The van der Waals surface area contributed by atoms with Crippen LogP contribution in [-0.4, -0.2) is 21.2 Å². The summed E-state index contributed by atoms with van der Waals surface area (Å²) in [6, 6.07) is 10.8. The molecule has 0 aliphatic carbocycles. The lowest BCUT2D eigenvalue weighted by Crippen LogP contribution is -2.11. The molecule has 0 saturated heterocycles. The number of amides is 1. The van der Waals surface area contributed by atoms with Crippen LogP contribution in [0.1, 0.15) is 17.3 Å². The molecular weight excluding hydrogens is 310 g/mol. The van der Waals surface area contributed by atoms with E-state index in [1.807, 2.05) is 22.1 Å². The van der Waals surface area contributed by atoms with Crippen LogP contribution < -0.4 is 5.32 Å². The zero-order valence-electron chi connectivity index (χ0n) is 12.5. The Balaban J connectivity index is 1.75. The van der Waals surface area contributed by atoms with Gasteiger partial charge < -0.3 is 9.88 Å². The summed E-state index contributed by atoms with van der Waals surface area (Å²) < 4.78 is 1.84. The van der Waals surface area contributed by atoms with E-state index in [0.29, 0.717) is 11.3 Å². The van der Waals surface area contributed by atoms with Crippen molar-refractivity contribution in [2.45, 2.75) is 13.5 Å². The molecule has 0 aliphatic heterocycles. The number of aromatic nitrogens is 2. The number of nitrogens with one attached hydrogen (secondary N) is 1. The van der Waals surface area contributed by atoms with Gasteiger partial charge in [-0.05, 0) is 35.7 Å². The fourth-order valence-corrected chi connectivity index (χ4v) is 2.99. The monoisotopic (exact) mass is 325 g/mol. The minimum atomic E-state index is -0.136. The summed E-state index contributed by atoms with van der Waals surface area (Å²) in [7, 11) is 0. The van der Waals surface area contributed by atoms with Crippen molar-refractivity contribution in [1.82, 2.24) is 9.55 Å². The predicted octanol–water partition coefficient (Wildman–Crippen LogP) is 3.45. The summed E-state index contributed by atoms with van der Waals surface area (Å²) in [6.45, 7) is 1.68. The van der Waals surface area contributed by atoms with Gasteiger partial charge in [-0.3, -0.25) is 9.59 Å². The first-order chi connectivity index (χ1) is 11.1. The van der Waals surface area contributed by atoms with Crippen molar-refractivity contribution in [2.24, 2.45) is 0 Å². The molecule has 116 valence electrons. The van der Waals surface area contributed by atoms with Gasteiger partial charge in [0, 0.05) is 30.6 Å². The Labute approximate surface area is 137 Å². The van der Waals surface area contributed by atoms with Crippen LogP contribution in [-0.2, 0) is 11.3 Å². The quantitative estimate of drug-likeness (QED) is 0.731. The number of hydrogen-bond donors (Lipinski definition) is 1. The molecule has 6 heteroatoms. The van der Waals surface area contributed by atoms with Gasteiger partial charge in [-0.25, -0.2) is 4.98 Å². The molecule has 23 heavy (non-hydrogen) atoms. The minimum Gasteiger partial charge on any atom is -0.326 e. The van der Waals surface area contributed by atoms with Gasteiger partial charge in [0.2, 0.25) is 5.91 Å². The van der Waals surface area contributed by atoms with Gasteiger partial charge in [0.1, 0.15) is 5.82 Å². The molecule has 0 spiro atoms. The molecule has 0 unspecified atom stereocenters. The van der Waals surface area contributed by atoms with Crippen LogP contribution in [0.4, 0.5) is 5.69 Å². The maximum absolute atomic E-state index is 12.4. The number of nitrogens with zero attached hydrogens (tertiary/aromatic N) is 2. The Morgan fingerprint density at radius 1 is 1.22 bits per heavy atom. The number of carbonyl (C=O) groups excluding carboxylic acids is 2. The summed E-state index contributed by atoms with van der Waals surface area (Å²) in [5, 5.41) is 4.66. The number of ketones is 1. The number of Topliss-reactive ketones (excluding diaryl/α,β-unsaturated/α-hetero) is 1. The van der Waals surface area contributed by atoms with Crippen molar-refractivity contribution in [3.63, 3.8) is 0 Å². The molecule has 0 saturated carbocycles. The first-order valence-corrected chi connectivity index (χ1v) is 7.97. The molecule has 0 bridgehead atoms. The zero-order valence-corrected chi connectivity index (χ0v) is 13.3. The maximum atomic E-state index is 12.4. The number of imidazole rings is 1. The van der Waals surface area contributed by atoms with Gasteiger partial charge in [-0.2, -0.15) is 0 Å². The van der Waals surface area contributed by atoms with Crippen LogP contribution in [0.25, 0.3) is 10.7 Å². The summed E-state index contributed by atoms with van der Waals surface area (Å²) in [5.74, 6) is 0.654. The van der Waals surface area contributed by atoms with E-state index in [-0.39, 0.29) is 18.2 Å². The Morgan fingerprint density at radius 3 is 2.65 bits per heavy atom. The molecule has 1 aromatic carbocycles. The molecule has 0 atom stereocenters.